The van der Waals surface area contributed by atoms with Gasteiger partial charge in [0.2, 0.25) is 5.91 Å². The number of amides is 1. The maximum absolute atomic E-state index is 12.1. The Morgan fingerprint density at radius 3 is 2.50 bits per heavy atom. The highest BCUT2D eigenvalue weighted by Gasteiger charge is 2.24. The van der Waals surface area contributed by atoms with Crippen LogP contribution in [0.5, 0.6) is 0 Å². The van der Waals surface area contributed by atoms with Crippen LogP contribution in [0.3, 0.4) is 0 Å². The van der Waals surface area contributed by atoms with Gasteiger partial charge in [0.05, 0.1) is 5.69 Å². The highest BCUT2D eigenvalue weighted by Crippen LogP contribution is 2.14. The lowest BCUT2D eigenvalue weighted by atomic mass is 10.1. The molecular formula is C13H20N4O3. The standard InChI is InChI=1S/C13H20N4O3/c1-9(2)7-10-12(13(19)20)14-15-17(10)8-11(18)16-5-3-4-6-16/h9H,3-8H2,1-2H3,(H,19,20). The van der Waals surface area contributed by atoms with Crippen LogP contribution in [0, 0.1) is 5.92 Å². The number of nitrogens with zero attached hydrogens (tertiary/aromatic N) is 4. The minimum Gasteiger partial charge on any atom is -0.476 e. The topological polar surface area (TPSA) is 88.3 Å². The predicted octanol–water partition coefficient (Wildman–Crippen LogP) is 0.797. The number of carbonyl (C=O) groups excluding carboxylic acids is 1. The summed E-state index contributed by atoms with van der Waals surface area (Å²) in [7, 11) is 0. The van der Waals surface area contributed by atoms with Crippen molar-refractivity contribution in [2.75, 3.05) is 13.1 Å². The molecule has 20 heavy (non-hydrogen) atoms. The van der Waals surface area contributed by atoms with Crippen LogP contribution >= 0.6 is 0 Å². The second kappa shape index (κ2) is 6.02. The number of hydrogen-bond donors (Lipinski definition) is 1. The van der Waals surface area contributed by atoms with Gasteiger partial charge in [-0.25, -0.2) is 9.48 Å². The molecule has 0 bridgehead atoms. The fourth-order valence-electron chi connectivity index (χ4n) is 2.41. The number of carbonyl (C=O) groups is 2. The average molecular weight is 280 g/mol. The first-order valence-electron chi connectivity index (χ1n) is 6.92. The summed E-state index contributed by atoms with van der Waals surface area (Å²) in [6.07, 6.45) is 2.60. The number of carboxylic acid groups (broad SMARTS) is 1. The Labute approximate surface area is 117 Å². The molecule has 1 aliphatic rings. The number of aromatic nitrogens is 3. The molecule has 1 aliphatic heterocycles. The van der Waals surface area contributed by atoms with Crippen molar-refractivity contribution in [2.24, 2.45) is 5.92 Å². The Hall–Kier alpha value is -1.92. The van der Waals surface area contributed by atoms with Crippen molar-refractivity contribution in [1.29, 1.82) is 0 Å². The molecule has 0 unspecified atom stereocenters. The van der Waals surface area contributed by atoms with E-state index in [1.165, 1.54) is 4.68 Å². The van der Waals surface area contributed by atoms with E-state index in [0.717, 1.165) is 25.9 Å². The van der Waals surface area contributed by atoms with Crippen LogP contribution in [0.1, 0.15) is 42.9 Å². The monoisotopic (exact) mass is 280 g/mol. The molecule has 0 radical (unpaired) electrons. The van der Waals surface area contributed by atoms with E-state index in [1.807, 2.05) is 13.8 Å². The van der Waals surface area contributed by atoms with Gasteiger partial charge in [0.1, 0.15) is 6.54 Å². The van der Waals surface area contributed by atoms with Gasteiger partial charge in [-0.3, -0.25) is 4.79 Å². The van der Waals surface area contributed by atoms with Gasteiger partial charge in [-0.2, -0.15) is 0 Å². The molecule has 1 aromatic heterocycles. The van der Waals surface area contributed by atoms with Crippen LogP contribution in [0.25, 0.3) is 0 Å². The summed E-state index contributed by atoms with van der Waals surface area (Å²) < 4.78 is 1.43. The molecule has 0 spiro atoms. The van der Waals surface area contributed by atoms with Crippen molar-refractivity contribution in [3.05, 3.63) is 11.4 Å². The van der Waals surface area contributed by atoms with Gasteiger partial charge in [0.25, 0.3) is 0 Å². The normalized spacial score (nSPS) is 15.1. The third-order valence-corrected chi connectivity index (χ3v) is 3.39. The molecule has 0 aromatic carbocycles. The summed E-state index contributed by atoms with van der Waals surface area (Å²) in [6.45, 7) is 5.61. The molecule has 2 rings (SSSR count). The van der Waals surface area contributed by atoms with Gasteiger partial charge in [0, 0.05) is 13.1 Å². The fourth-order valence-corrected chi connectivity index (χ4v) is 2.41. The second-order valence-electron chi connectivity index (χ2n) is 5.53. The zero-order valence-electron chi connectivity index (χ0n) is 11.9. The summed E-state index contributed by atoms with van der Waals surface area (Å²) in [5, 5.41) is 16.7. The van der Waals surface area contributed by atoms with Crippen LogP contribution < -0.4 is 0 Å². The number of rotatable bonds is 5. The highest BCUT2D eigenvalue weighted by atomic mass is 16.4. The van der Waals surface area contributed by atoms with Crippen molar-refractivity contribution < 1.29 is 14.7 Å². The van der Waals surface area contributed by atoms with Gasteiger partial charge >= 0.3 is 5.97 Å². The van der Waals surface area contributed by atoms with E-state index in [0.29, 0.717) is 12.1 Å². The van der Waals surface area contributed by atoms with Crippen molar-refractivity contribution in [3.8, 4) is 0 Å². The lowest BCUT2D eigenvalue weighted by Crippen LogP contribution is -2.32. The third kappa shape index (κ3) is 3.15. The lowest BCUT2D eigenvalue weighted by Gasteiger charge is -2.16. The average Bonchev–Trinajstić information content (AvgIpc) is 2.99. The van der Waals surface area contributed by atoms with E-state index in [-0.39, 0.29) is 24.1 Å². The SMILES string of the molecule is CC(C)Cc1c(C(=O)O)nnn1CC(=O)N1CCCC1. The Balaban J connectivity index is 2.17. The lowest BCUT2D eigenvalue weighted by molar-refractivity contribution is -0.131. The van der Waals surface area contributed by atoms with Gasteiger partial charge in [-0.1, -0.05) is 19.1 Å². The molecule has 1 aromatic rings. The number of hydrogen-bond acceptors (Lipinski definition) is 4. The largest absolute Gasteiger partial charge is 0.476 e. The first-order valence-corrected chi connectivity index (χ1v) is 6.92. The zero-order valence-corrected chi connectivity index (χ0v) is 11.9. The zero-order chi connectivity index (χ0) is 14.7. The molecule has 2 heterocycles. The summed E-state index contributed by atoms with van der Waals surface area (Å²) in [5.74, 6) is -0.845. The molecule has 7 nitrogen and oxygen atoms in total. The summed E-state index contributed by atoms with van der Waals surface area (Å²) >= 11 is 0. The molecule has 1 saturated heterocycles. The molecule has 0 saturated carbocycles. The maximum atomic E-state index is 12.1. The molecule has 1 N–H and O–H groups in total. The van der Waals surface area contributed by atoms with E-state index >= 15 is 0 Å². The molecule has 0 atom stereocenters. The van der Waals surface area contributed by atoms with Crippen LogP contribution in [0.4, 0.5) is 0 Å². The Kier molecular flexibility index (Phi) is 4.36. The minimum atomic E-state index is -1.10. The van der Waals surface area contributed by atoms with Gasteiger partial charge in [0.15, 0.2) is 5.69 Å². The molecule has 1 fully saturated rings. The first-order chi connectivity index (χ1) is 9.49. The molecule has 0 aliphatic carbocycles. The minimum absolute atomic E-state index is 0.0191. The van der Waals surface area contributed by atoms with Crippen molar-refractivity contribution in [3.63, 3.8) is 0 Å². The highest BCUT2D eigenvalue weighted by molar-refractivity contribution is 5.86. The Morgan fingerprint density at radius 1 is 1.30 bits per heavy atom. The van der Waals surface area contributed by atoms with Gasteiger partial charge < -0.3 is 10.0 Å². The first kappa shape index (κ1) is 14.5. The number of likely N-dealkylation sites (tertiary alicyclic amines) is 1. The Bertz CT molecular complexity index is 504. The summed E-state index contributed by atoms with van der Waals surface area (Å²) in [5.41, 5.74) is 0.480. The van der Waals surface area contributed by atoms with E-state index < -0.39 is 5.97 Å². The van der Waals surface area contributed by atoms with Crippen LogP contribution in [0.15, 0.2) is 0 Å². The van der Waals surface area contributed by atoms with Crippen molar-refractivity contribution >= 4 is 11.9 Å². The van der Waals surface area contributed by atoms with Crippen LogP contribution in [0.2, 0.25) is 0 Å². The number of aromatic carboxylic acids is 1. The summed E-state index contributed by atoms with van der Waals surface area (Å²) in [4.78, 5) is 25.1. The van der Waals surface area contributed by atoms with Crippen molar-refractivity contribution in [1.82, 2.24) is 19.9 Å². The Morgan fingerprint density at radius 2 is 1.95 bits per heavy atom. The maximum Gasteiger partial charge on any atom is 0.358 e. The molecule has 7 heteroatoms. The molecule has 1 amide bonds. The van der Waals surface area contributed by atoms with Crippen LogP contribution in [-0.4, -0.2) is 50.0 Å². The molecule has 110 valence electrons. The van der Waals surface area contributed by atoms with E-state index in [9.17, 15) is 9.59 Å². The van der Waals surface area contributed by atoms with Crippen LogP contribution in [-0.2, 0) is 17.8 Å². The van der Waals surface area contributed by atoms with Gasteiger partial charge in [-0.05, 0) is 25.2 Å². The van der Waals surface area contributed by atoms with Gasteiger partial charge in [-0.15, -0.1) is 5.10 Å². The predicted molar refractivity (Wildman–Crippen MR) is 71.3 cm³/mol. The third-order valence-electron chi connectivity index (χ3n) is 3.39. The molecular weight excluding hydrogens is 260 g/mol. The second-order valence-corrected chi connectivity index (χ2v) is 5.53. The quantitative estimate of drug-likeness (QED) is 0.861. The summed E-state index contributed by atoms with van der Waals surface area (Å²) in [6, 6.07) is 0. The van der Waals surface area contributed by atoms with E-state index in [2.05, 4.69) is 10.3 Å². The van der Waals surface area contributed by atoms with E-state index in [1.54, 1.807) is 4.90 Å². The van der Waals surface area contributed by atoms with Crippen molar-refractivity contribution in [2.45, 2.75) is 39.7 Å². The number of carboxylic acids is 1. The van der Waals surface area contributed by atoms with E-state index in [4.69, 9.17) is 5.11 Å². The fraction of sp³-hybridized carbons (Fsp3) is 0.692. The smallest absolute Gasteiger partial charge is 0.358 e.